The maximum atomic E-state index is 10.8. The van der Waals surface area contributed by atoms with Gasteiger partial charge in [-0.25, -0.2) is 4.57 Å². The quantitative estimate of drug-likeness (QED) is 0.422. The highest BCUT2D eigenvalue weighted by atomic mass is 31.2. The molecule has 25 heavy (non-hydrogen) atoms. The van der Waals surface area contributed by atoms with E-state index in [0.29, 0.717) is 5.92 Å². The van der Waals surface area contributed by atoms with E-state index in [1.54, 1.807) is 0 Å². The summed E-state index contributed by atoms with van der Waals surface area (Å²) < 4.78 is 21.2. The van der Waals surface area contributed by atoms with E-state index in [-0.39, 0.29) is 12.5 Å². The van der Waals surface area contributed by atoms with Crippen LogP contribution in [0.15, 0.2) is 24.3 Å². The zero-order valence-corrected chi connectivity index (χ0v) is 16.0. The molecule has 6 heteroatoms. The zero-order valence-electron chi connectivity index (χ0n) is 15.1. The fourth-order valence-corrected chi connectivity index (χ4v) is 3.87. The molecule has 1 aromatic carbocycles. The first kappa shape index (κ1) is 20.4. The Hall–Kier alpha value is -0.870. The first-order valence-electron chi connectivity index (χ1n) is 9.41. The first-order chi connectivity index (χ1) is 12.0. The molecule has 2 atom stereocenters. The lowest BCUT2D eigenvalue weighted by molar-refractivity contribution is 0.168. The molecule has 0 spiro atoms. The lowest BCUT2D eigenvalue weighted by Gasteiger charge is -2.13. The zero-order chi connectivity index (χ0) is 18.1. The van der Waals surface area contributed by atoms with Crippen molar-refractivity contribution in [2.45, 2.75) is 64.2 Å². The van der Waals surface area contributed by atoms with Crippen LogP contribution in [0.3, 0.4) is 0 Å². The van der Waals surface area contributed by atoms with Crippen LogP contribution >= 0.6 is 7.82 Å². The van der Waals surface area contributed by atoms with Crippen molar-refractivity contribution in [2.75, 3.05) is 13.2 Å². The fraction of sp³-hybridized carbons (Fsp3) is 0.684. The number of phosphoric acid groups is 1. The monoisotopic (exact) mass is 370 g/mol. The van der Waals surface area contributed by atoms with Gasteiger partial charge in [0.2, 0.25) is 0 Å². The molecule has 1 saturated carbocycles. The van der Waals surface area contributed by atoms with Crippen molar-refractivity contribution < 1.29 is 23.6 Å². The highest BCUT2D eigenvalue weighted by Crippen LogP contribution is 2.42. The molecule has 142 valence electrons. The topological polar surface area (TPSA) is 76.0 Å². The summed E-state index contributed by atoms with van der Waals surface area (Å²) >= 11 is 0. The maximum absolute atomic E-state index is 10.8. The van der Waals surface area contributed by atoms with Gasteiger partial charge in [-0.2, -0.15) is 0 Å². The average Bonchev–Trinajstić information content (AvgIpc) is 3.05. The summed E-state index contributed by atoms with van der Waals surface area (Å²) in [7, 11) is -4.35. The Morgan fingerprint density at radius 2 is 1.80 bits per heavy atom. The van der Waals surface area contributed by atoms with Crippen LogP contribution in [-0.4, -0.2) is 23.0 Å². The molecule has 0 aliphatic heterocycles. The predicted octanol–water partition coefficient (Wildman–Crippen LogP) is 5.03. The van der Waals surface area contributed by atoms with Gasteiger partial charge in [-0.05, 0) is 55.2 Å². The number of hydrogen-bond donors (Lipinski definition) is 2. The van der Waals surface area contributed by atoms with E-state index < -0.39 is 7.82 Å². The molecule has 1 aliphatic rings. The van der Waals surface area contributed by atoms with E-state index in [1.165, 1.54) is 31.2 Å². The van der Waals surface area contributed by atoms with E-state index in [9.17, 15) is 4.57 Å². The smallest absolute Gasteiger partial charge is 0.469 e. The van der Waals surface area contributed by atoms with Crippen molar-refractivity contribution in [3.8, 4) is 5.75 Å². The minimum absolute atomic E-state index is 0.139. The second-order valence-electron chi connectivity index (χ2n) is 6.99. The van der Waals surface area contributed by atoms with Crippen LogP contribution in [0.1, 0.15) is 69.8 Å². The second kappa shape index (κ2) is 10.3. The third kappa shape index (κ3) is 7.91. The van der Waals surface area contributed by atoms with E-state index in [2.05, 4.69) is 23.6 Å². The summed E-state index contributed by atoms with van der Waals surface area (Å²) in [5.74, 6) is 1.57. The molecule has 0 saturated heterocycles. The molecular formula is C19H31O5P. The van der Waals surface area contributed by atoms with E-state index in [1.807, 2.05) is 12.1 Å². The minimum Gasteiger partial charge on any atom is -0.494 e. The van der Waals surface area contributed by atoms with Crippen LogP contribution in [0.2, 0.25) is 0 Å². The Morgan fingerprint density at radius 1 is 1.08 bits per heavy atom. The van der Waals surface area contributed by atoms with Gasteiger partial charge in [0.15, 0.2) is 0 Å². The van der Waals surface area contributed by atoms with Crippen LogP contribution in [0.4, 0.5) is 0 Å². The molecule has 0 amide bonds. The highest BCUT2D eigenvalue weighted by molar-refractivity contribution is 7.46. The van der Waals surface area contributed by atoms with E-state index in [0.717, 1.165) is 38.0 Å². The van der Waals surface area contributed by atoms with Gasteiger partial charge in [0.25, 0.3) is 0 Å². The van der Waals surface area contributed by atoms with Crippen molar-refractivity contribution in [3.05, 3.63) is 29.8 Å². The van der Waals surface area contributed by atoms with Crippen LogP contribution < -0.4 is 4.74 Å². The molecule has 0 aromatic heterocycles. The lowest BCUT2D eigenvalue weighted by Crippen LogP contribution is -2.05. The third-order valence-corrected chi connectivity index (χ3v) is 5.37. The molecule has 0 unspecified atom stereocenters. The Labute approximate surface area is 151 Å². The van der Waals surface area contributed by atoms with E-state index >= 15 is 0 Å². The largest absolute Gasteiger partial charge is 0.494 e. The standard InChI is InChI=1S/C19H31O5P/c1-2-3-4-5-6-13-23-19-11-9-17(10-12-19)18-8-7-16(14-18)15-24-25(20,21)22/h9-12,16,18H,2-8,13-15H2,1H3,(H2,20,21,22)/t16-,18+/m0/s1. The maximum Gasteiger partial charge on any atom is 0.469 e. The van der Waals surface area contributed by atoms with Crippen molar-refractivity contribution in [3.63, 3.8) is 0 Å². The van der Waals surface area contributed by atoms with Gasteiger partial charge in [-0.15, -0.1) is 0 Å². The molecule has 1 fully saturated rings. The number of hydrogen-bond acceptors (Lipinski definition) is 3. The van der Waals surface area contributed by atoms with Crippen LogP contribution in [0.5, 0.6) is 5.75 Å². The van der Waals surface area contributed by atoms with Gasteiger partial charge < -0.3 is 14.5 Å². The molecule has 0 bridgehead atoms. The van der Waals surface area contributed by atoms with Crippen LogP contribution in [-0.2, 0) is 9.09 Å². The minimum atomic E-state index is -4.35. The average molecular weight is 370 g/mol. The molecule has 0 radical (unpaired) electrons. The summed E-state index contributed by atoms with van der Waals surface area (Å²) in [4.78, 5) is 17.6. The Morgan fingerprint density at radius 3 is 2.48 bits per heavy atom. The van der Waals surface area contributed by atoms with Crippen LogP contribution in [0, 0.1) is 5.92 Å². The summed E-state index contributed by atoms with van der Waals surface area (Å²) in [5.41, 5.74) is 1.27. The molecule has 2 N–H and O–H groups in total. The van der Waals surface area contributed by atoms with E-state index in [4.69, 9.17) is 14.5 Å². The lowest BCUT2D eigenvalue weighted by atomic mass is 9.96. The number of phosphoric ester groups is 1. The summed E-state index contributed by atoms with van der Waals surface area (Å²) in [5, 5.41) is 0. The second-order valence-corrected chi connectivity index (χ2v) is 8.23. The van der Waals surface area contributed by atoms with Crippen molar-refractivity contribution in [1.29, 1.82) is 0 Å². The molecule has 2 rings (SSSR count). The number of benzene rings is 1. The number of unbranched alkanes of at least 4 members (excludes halogenated alkanes) is 4. The van der Waals surface area contributed by atoms with Crippen molar-refractivity contribution in [2.24, 2.45) is 5.92 Å². The Balaban J connectivity index is 1.70. The number of ether oxygens (including phenoxy) is 1. The van der Waals surface area contributed by atoms with Gasteiger partial charge in [0, 0.05) is 0 Å². The SMILES string of the molecule is CCCCCCCOc1ccc([C@@H]2CC[C@H](COP(=O)(O)O)C2)cc1. The van der Waals surface area contributed by atoms with Crippen molar-refractivity contribution >= 4 is 7.82 Å². The predicted molar refractivity (Wildman–Crippen MR) is 98.8 cm³/mol. The molecule has 1 aromatic rings. The molecule has 0 heterocycles. The highest BCUT2D eigenvalue weighted by Gasteiger charge is 2.28. The number of rotatable bonds is 11. The molecule has 1 aliphatic carbocycles. The normalized spacial score (nSPS) is 20.8. The molecule has 5 nitrogen and oxygen atoms in total. The van der Waals surface area contributed by atoms with Gasteiger partial charge in [-0.1, -0.05) is 44.7 Å². The summed E-state index contributed by atoms with van der Waals surface area (Å²) in [6.07, 6.45) is 9.07. The van der Waals surface area contributed by atoms with Crippen molar-refractivity contribution in [1.82, 2.24) is 0 Å². The van der Waals surface area contributed by atoms with Gasteiger partial charge in [-0.3, -0.25) is 4.52 Å². The Kier molecular flexibility index (Phi) is 8.44. The fourth-order valence-electron chi connectivity index (χ4n) is 3.46. The Bertz CT molecular complexity index is 539. The van der Waals surface area contributed by atoms with Gasteiger partial charge in [0.1, 0.15) is 5.75 Å². The first-order valence-corrected chi connectivity index (χ1v) is 10.9. The molecular weight excluding hydrogens is 339 g/mol. The third-order valence-electron chi connectivity index (χ3n) is 4.89. The van der Waals surface area contributed by atoms with Crippen LogP contribution in [0.25, 0.3) is 0 Å². The van der Waals surface area contributed by atoms with Gasteiger partial charge >= 0.3 is 7.82 Å². The van der Waals surface area contributed by atoms with Gasteiger partial charge in [0.05, 0.1) is 13.2 Å². The summed E-state index contributed by atoms with van der Waals surface area (Å²) in [6.45, 7) is 3.13. The summed E-state index contributed by atoms with van der Waals surface area (Å²) in [6, 6.07) is 8.29.